The molecule has 0 saturated carbocycles. The number of hydrogen-bond acceptors (Lipinski definition) is 4. The summed E-state index contributed by atoms with van der Waals surface area (Å²) in [5, 5.41) is 22.3. The highest BCUT2D eigenvalue weighted by Crippen LogP contribution is 2.27. The summed E-state index contributed by atoms with van der Waals surface area (Å²) < 4.78 is 0. The van der Waals surface area contributed by atoms with E-state index in [9.17, 15) is 14.9 Å². The van der Waals surface area contributed by atoms with Crippen LogP contribution in [0.2, 0.25) is 5.02 Å². The third-order valence-corrected chi connectivity index (χ3v) is 3.19. The molecule has 0 aromatic heterocycles. The van der Waals surface area contributed by atoms with Crippen molar-refractivity contribution in [2.24, 2.45) is 5.92 Å². The maximum atomic E-state index is 11.9. The Morgan fingerprint density at radius 2 is 2.25 bits per heavy atom. The number of nitro benzene ring substituents is 1. The molecule has 1 aromatic rings. The summed E-state index contributed by atoms with van der Waals surface area (Å²) in [6.07, 6.45) is 1.47. The van der Waals surface area contributed by atoms with Crippen molar-refractivity contribution in [3.8, 4) is 0 Å². The van der Waals surface area contributed by atoms with Gasteiger partial charge in [-0.15, -0.1) is 0 Å². The average Bonchev–Trinajstić information content (AvgIpc) is 2.42. The predicted molar refractivity (Wildman–Crippen MR) is 75.9 cm³/mol. The topological polar surface area (TPSA) is 92.5 Å². The van der Waals surface area contributed by atoms with Crippen molar-refractivity contribution in [1.82, 2.24) is 5.32 Å². The molecule has 1 unspecified atom stereocenters. The minimum atomic E-state index is -0.662. The number of nitrogens with zero attached hydrogens (tertiary/aromatic N) is 1. The molecule has 20 heavy (non-hydrogen) atoms. The molecule has 2 N–H and O–H groups in total. The van der Waals surface area contributed by atoms with Crippen molar-refractivity contribution in [1.29, 1.82) is 0 Å². The summed E-state index contributed by atoms with van der Waals surface area (Å²) in [4.78, 5) is 22.2. The molecule has 1 rings (SSSR count). The first-order valence-corrected chi connectivity index (χ1v) is 6.67. The van der Waals surface area contributed by atoms with Crippen LogP contribution in [0.25, 0.3) is 0 Å². The summed E-state index contributed by atoms with van der Waals surface area (Å²) in [6, 6.07) is 4.24. The number of hydrogen-bond donors (Lipinski definition) is 2. The Kier molecular flexibility index (Phi) is 6.41. The molecule has 1 atom stereocenters. The Morgan fingerprint density at radius 1 is 1.55 bits per heavy atom. The van der Waals surface area contributed by atoms with Gasteiger partial charge in [-0.05, 0) is 30.9 Å². The maximum Gasteiger partial charge on any atom is 0.300 e. The van der Waals surface area contributed by atoms with E-state index in [0.717, 1.165) is 6.42 Å². The van der Waals surface area contributed by atoms with Crippen LogP contribution in [0.5, 0.6) is 0 Å². The fraction of sp³-hybridized carbons (Fsp3) is 0.462. The Morgan fingerprint density at radius 3 is 2.85 bits per heavy atom. The van der Waals surface area contributed by atoms with E-state index in [1.807, 2.05) is 6.92 Å². The number of carbonyl (C=O) groups is 1. The van der Waals surface area contributed by atoms with Gasteiger partial charge in [-0.1, -0.05) is 24.6 Å². The van der Waals surface area contributed by atoms with Crippen LogP contribution in [-0.4, -0.2) is 29.1 Å². The highest BCUT2D eigenvalue weighted by atomic mass is 35.5. The van der Waals surface area contributed by atoms with Gasteiger partial charge in [0, 0.05) is 13.2 Å². The van der Waals surface area contributed by atoms with Crippen LogP contribution in [0.15, 0.2) is 18.2 Å². The third-order valence-electron chi connectivity index (χ3n) is 2.88. The largest absolute Gasteiger partial charge is 0.396 e. The van der Waals surface area contributed by atoms with Crippen LogP contribution in [-0.2, 0) is 0 Å². The van der Waals surface area contributed by atoms with Crippen LogP contribution in [0.3, 0.4) is 0 Å². The smallest absolute Gasteiger partial charge is 0.300 e. The Hall–Kier alpha value is -1.66. The van der Waals surface area contributed by atoms with E-state index < -0.39 is 10.8 Å². The van der Waals surface area contributed by atoms with E-state index >= 15 is 0 Å². The lowest BCUT2D eigenvalue weighted by atomic mass is 10.1. The number of aliphatic hydroxyl groups excluding tert-OH is 1. The van der Waals surface area contributed by atoms with Crippen LogP contribution < -0.4 is 5.32 Å². The number of nitrogens with one attached hydrogen (secondary N) is 1. The van der Waals surface area contributed by atoms with Crippen LogP contribution in [0.4, 0.5) is 5.69 Å². The number of carbonyl (C=O) groups excluding carboxylic acids is 1. The molecule has 0 radical (unpaired) electrons. The van der Waals surface area contributed by atoms with Gasteiger partial charge in [-0.3, -0.25) is 14.9 Å². The van der Waals surface area contributed by atoms with Crippen molar-refractivity contribution in [3.63, 3.8) is 0 Å². The standard InChI is InChI=1S/C13H17ClN2O4/c1-9(8-17)4-3-7-15-13(18)10-5-2-6-11(14)12(10)16(19)20/h2,5-6,9,17H,3-4,7-8H2,1H3,(H,15,18). The first-order chi connectivity index (χ1) is 9.47. The predicted octanol–water partition coefficient (Wildman–Crippen LogP) is 2.39. The summed E-state index contributed by atoms with van der Waals surface area (Å²) in [5.74, 6) is -0.344. The maximum absolute atomic E-state index is 11.9. The van der Waals surface area contributed by atoms with Gasteiger partial charge in [-0.2, -0.15) is 0 Å². The first kappa shape index (κ1) is 16.4. The Labute approximate surface area is 121 Å². The van der Waals surface area contributed by atoms with E-state index in [1.165, 1.54) is 18.2 Å². The molecule has 0 aliphatic rings. The molecule has 0 fully saturated rings. The van der Waals surface area contributed by atoms with Crippen molar-refractivity contribution < 1.29 is 14.8 Å². The molecular formula is C13H17ClN2O4. The monoisotopic (exact) mass is 300 g/mol. The van der Waals surface area contributed by atoms with Gasteiger partial charge in [-0.25, -0.2) is 0 Å². The van der Waals surface area contributed by atoms with E-state index in [1.54, 1.807) is 0 Å². The minimum absolute atomic E-state index is 0.0438. The molecule has 0 aliphatic heterocycles. The zero-order valence-electron chi connectivity index (χ0n) is 11.1. The Bertz CT molecular complexity index is 493. The fourth-order valence-corrected chi connectivity index (χ4v) is 1.97. The molecule has 110 valence electrons. The van der Waals surface area contributed by atoms with Gasteiger partial charge in [0.15, 0.2) is 0 Å². The van der Waals surface area contributed by atoms with Gasteiger partial charge < -0.3 is 10.4 Å². The number of nitro groups is 1. The van der Waals surface area contributed by atoms with E-state index in [4.69, 9.17) is 16.7 Å². The van der Waals surface area contributed by atoms with Crippen molar-refractivity contribution in [2.45, 2.75) is 19.8 Å². The number of amides is 1. The fourth-order valence-electron chi connectivity index (χ4n) is 1.72. The lowest BCUT2D eigenvalue weighted by Crippen LogP contribution is -2.25. The molecule has 0 bridgehead atoms. The quantitative estimate of drug-likeness (QED) is 0.459. The van der Waals surface area contributed by atoms with Crippen LogP contribution in [0.1, 0.15) is 30.1 Å². The highest BCUT2D eigenvalue weighted by Gasteiger charge is 2.23. The van der Waals surface area contributed by atoms with E-state index in [2.05, 4.69) is 5.32 Å². The van der Waals surface area contributed by atoms with Crippen LogP contribution >= 0.6 is 11.6 Å². The number of aliphatic hydroxyl groups is 1. The number of rotatable bonds is 7. The third kappa shape index (κ3) is 4.47. The average molecular weight is 301 g/mol. The summed E-state index contributed by atoms with van der Waals surface area (Å²) in [6.45, 7) is 2.41. The number of halogens is 1. The Balaban J connectivity index is 2.64. The van der Waals surface area contributed by atoms with Gasteiger partial charge >= 0.3 is 5.69 Å². The lowest BCUT2D eigenvalue weighted by Gasteiger charge is -2.09. The van der Waals surface area contributed by atoms with Gasteiger partial charge in [0.05, 0.1) is 4.92 Å². The van der Waals surface area contributed by atoms with Crippen molar-refractivity contribution in [3.05, 3.63) is 38.9 Å². The SMILES string of the molecule is CC(CO)CCCNC(=O)c1cccc(Cl)c1[N+](=O)[O-]. The molecule has 0 heterocycles. The number of benzene rings is 1. The second-order valence-electron chi connectivity index (χ2n) is 4.58. The van der Waals surface area contributed by atoms with Gasteiger partial charge in [0.25, 0.3) is 5.91 Å². The first-order valence-electron chi connectivity index (χ1n) is 6.29. The molecule has 1 aromatic carbocycles. The molecule has 6 nitrogen and oxygen atoms in total. The molecule has 0 saturated heterocycles. The summed E-state index contributed by atoms with van der Waals surface area (Å²) in [5.41, 5.74) is -0.423. The lowest BCUT2D eigenvalue weighted by molar-refractivity contribution is -0.385. The second kappa shape index (κ2) is 7.81. The van der Waals surface area contributed by atoms with Crippen LogP contribution in [0, 0.1) is 16.0 Å². The zero-order chi connectivity index (χ0) is 15.1. The zero-order valence-corrected chi connectivity index (χ0v) is 11.9. The van der Waals surface area contributed by atoms with E-state index in [-0.39, 0.29) is 28.8 Å². The second-order valence-corrected chi connectivity index (χ2v) is 4.99. The molecule has 7 heteroatoms. The minimum Gasteiger partial charge on any atom is -0.396 e. The summed E-state index contributed by atoms with van der Waals surface area (Å²) in [7, 11) is 0. The van der Waals surface area contributed by atoms with Crippen molar-refractivity contribution >= 4 is 23.2 Å². The molecule has 0 spiro atoms. The molecule has 1 amide bonds. The highest BCUT2D eigenvalue weighted by molar-refractivity contribution is 6.33. The van der Waals surface area contributed by atoms with Gasteiger partial charge in [0.1, 0.15) is 10.6 Å². The van der Waals surface area contributed by atoms with Gasteiger partial charge in [0.2, 0.25) is 0 Å². The van der Waals surface area contributed by atoms with E-state index in [0.29, 0.717) is 13.0 Å². The normalized spacial score (nSPS) is 11.9. The number of para-hydroxylation sites is 1. The molecular weight excluding hydrogens is 284 g/mol. The summed E-state index contributed by atoms with van der Waals surface area (Å²) >= 11 is 5.74. The van der Waals surface area contributed by atoms with Crippen molar-refractivity contribution in [2.75, 3.05) is 13.2 Å². The molecule has 0 aliphatic carbocycles.